The summed E-state index contributed by atoms with van der Waals surface area (Å²) in [5.41, 5.74) is -2.48. The number of allylic oxidation sites excluding steroid dienone is 2. The first-order valence-corrected chi connectivity index (χ1v) is 15.1. The Morgan fingerprint density at radius 3 is 2.22 bits per heavy atom. The van der Waals surface area contributed by atoms with Gasteiger partial charge in [0.25, 0.3) is 0 Å². The molecule has 0 aliphatic heterocycles. The number of Topliss-reactive ketones (excluding diaryl/α,β-unsaturated/α-hetero) is 2. The lowest BCUT2D eigenvalue weighted by Crippen LogP contribution is -2.69. The van der Waals surface area contributed by atoms with Gasteiger partial charge in [-0.3, -0.25) is 9.59 Å². The molecule has 0 saturated heterocycles. The number of ketones is 2. The van der Waals surface area contributed by atoms with E-state index in [4.69, 9.17) is 4.74 Å². The Labute approximate surface area is 241 Å². The van der Waals surface area contributed by atoms with Crippen molar-refractivity contribution in [1.82, 2.24) is 0 Å². The van der Waals surface area contributed by atoms with Crippen molar-refractivity contribution in [2.24, 2.45) is 56.2 Å². The quantitative estimate of drug-likeness (QED) is 0.321. The predicted octanol–water partition coefficient (Wildman–Crippen LogP) is 7.39. The molecule has 41 heavy (non-hydrogen) atoms. The molecule has 8 atom stereocenters. The molecule has 0 spiro atoms. The Bertz CT molecular complexity index is 1260. The van der Waals surface area contributed by atoms with Gasteiger partial charge >= 0.3 is 12.1 Å². The van der Waals surface area contributed by atoms with Crippen LogP contribution < -0.4 is 0 Å². The van der Waals surface area contributed by atoms with Gasteiger partial charge in [-0.25, -0.2) is 4.79 Å². The molecule has 0 aromatic rings. The van der Waals surface area contributed by atoms with Crippen LogP contribution in [0, 0.1) is 67.5 Å². The van der Waals surface area contributed by atoms with Crippen LogP contribution in [0.2, 0.25) is 0 Å². The first-order chi connectivity index (χ1) is 18.7. The lowest BCUT2D eigenvalue weighted by Gasteiger charge is -2.72. The minimum Gasteiger partial charge on any atom is -0.458 e. The van der Waals surface area contributed by atoms with E-state index in [9.17, 15) is 32.8 Å². The first-order valence-electron chi connectivity index (χ1n) is 15.1. The highest BCUT2D eigenvalue weighted by Crippen LogP contribution is 2.75. The average Bonchev–Trinajstić information content (AvgIpc) is 2.86. The molecule has 0 N–H and O–H groups in total. The van der Waals surface area contributed by atoms with Gasteiger partial charge < -0.3 is 4.74 Å². The third-order valence-corrected chi connectivity index (χ3v) is 13.4. The molecular formula is C33H44F3NO4. The number of ether oxygens (including phenoxy) is 1. The highest BCUT2D eigenvalue weighted by Gasteiger charge is 2.72. The summed E-state index contributed by atoms with van der Waals surface area (Å²) >= 11 is 0. The minimum absolute atomic E-state index is 0.00343. The monoisotopic (exact) mass is 575 g/mol. The summed E-state index contributed by atoms with van der Waals surface area (Å²) in [6.45, 7) is 14.5. The minimum atomic E-state index is -5.05. The van der Waals surface area contributed by atoms with Gasteiger partial charge in [-0.05, 0) is 84.4 Å². The molecule has 5 nitrogen and oxygen atoms in total. The number of rotatable bonds is 2. The van der Waals surface area contributed by atoms with E-state index >= 15 is 0 Å². The summed E-state index contributed by atoms with van der Waals surface area (Å²) in [5.74, 6) is -2.75. The average molecular weight is 576 g/mol. The van der Waals surface area contributed by atoms with Gasteiger partial charge in [-0.1, -0.05) is 54.5 Å². The maximum absolute atomic E-state index is 14.5. The normalized spacial score (nSPS) is 44.8. The van der Waals surface area contributed by atoms with Crippen LogP contribution in [0.15, 0.2) is 11.6 Å². The standard InChI is InChI=1S/C33H44F3NO4/c1-27(2)10-12-32(18-41-26(40)33(34,35)36)13-11-31(7)24(20(32)16-27)21(38)14-23-29(5)15-19(17-37)25(39)28(3,4)22(29)8-9-30(23,31)6/h15,20,22-24H,8-14,16,18H2,1-7H3/t20?,22-,23?,24?,29-,30+,31+,32+/m0/s1. The number of carbonyl (C=O) groups is 3. The van der Waals surface area contributed by atoms with Gasteiger partial charge in [0.2, 0.25) is 0 Å². The Balaban J connectivity index is 1.57. The zero-order valence-electron chi connectivity index (χ0n) is 25.5. The van der Waals surface area contributed by atoms with Crippen molar-refractivity contribution in [2.75, 3.05) is 6.61 Å². The summed E-state index contributed by atoms with van der Waals surface area (Å²) in [4.78, 5) is 39.5. The molecule has 0 amide bonds. The molecule has 5 rings (SSSR count). The van der Waals surface area contributed by atoms with Gasteiger partial charge in [-0.2, -0.15) is 18.4 Å². The summed E-state index contributed by atoms with van der Waals surface area (Å²) in [6.07, 6.45) is 2.17. The fraction of sp³-hybridized carbons (Fsp3) is 0.818. The van der Waals surface area contributed by atoms with Gasteiger partial charge in [0.05, 0.1) is 12.2 Å². The molecule has 0 aromatic heterocycles. The van der Waals surface area contributed by atoms with E-state index in [0.29, 0.717) is 32.1 Å². The number of nitrogens with zero attached hydrogens (tertiary/aromatic N) is 1. The second kappa shape index (κ2) is 8.92. The van der Waals surface area contributed by atoms with E-state index < -0.39 is 33.8 Å². The molecule has 4 saturated carbocycles. The molecule has 0 radical (unpaired) electrons. The van der Waals surface area contributed by atoms with Crippen LogP contribution in [0.5, 0.6) is 0 Å². The van der Waals surface area contributed by atoms with Crippen LogP contribution in [0.25, 0.3) is 0 Å². The van der Waals surface area contributed by atoms with Crippen molar-refractivity contribution < 1.29 is 32.3 Å². The summed E-state index contributed by atoms with van der Waals surface area (Å²) in [5, 5.41) is 9.88. The smallest absolute Gasteiger partial charge is 0.458 e. The molecular weight excluding hydrogens is 531 g/mol. The Morgan fingerprint density at radius 1 is 0.976 bits per heavy atom. The molecule has 0 heterocycles. The highest BCUT2D eigenvalue weighted by molar-refractivity contribution is 6.04. The largest absolute Gasteiger partial charge is 0.490 e. The van der Waals surface area contributed by atoms with Crippen LogP contribution in [0.4, 0.5) is 13.2 Å². The van der Waals surface area contributed by atoms with Crippen molar-refractivity contribution in [3.05, 3.63) is 11.6 Å². The van der Waals surface area contributed by atoms with Crippen LogP contribution in [0.1, 0.15) is 99.8 Å². The zero-order chi connectivity index (χ0) is 30.6. The van der Waals surface area contributed by atoms with Crippen molar-refractivity contribution in [1.29, 1.82) is 5.26 Å². The first kappa shape index (κ1) is 30.3. The van der Waals surface area contributed by atoms with Crippen molar-refractivity contribution in [2.45, 2.75) is 106 Å². The van der Waals surface area contributed by atoms with E-state index in [1.807, 2.05) is 19.9 Å². The predicted molar refractivity (Wildman–Crippen MR) is 146 cm³/mol. The number of hydrogen-bond donors (Lipinski definition) is 0. The maximum Gasteiger partial charge on any atom is 0.490 e. The molecule has 8 heteroatoms. The third-order valence-electron chi connectivity index (χ3n) is 13.4. The van der Waals surface area contributed by atoms with Crippen molar-refractivity contribution in [3.63, 3.8) is 0 Å². The second-order valence-corrected chi connectivity index (χ2v) is 16.1. The van der Waals surface area contributed by atoms with Crippen LogP contribution in [-0.4, -0.2) is 30.3 Å². The van der Waals surface area contributed by atoms with Gasteiger partial charge in [0.15, 0.2) is 5.78 Å². The number of halogens is 3. The fourth-order valence-electron chi connectivity index (χ4n) is 11.0. The van der Waals surface area contributed by atoms with E-state index in [1.165, 1.54) is 0 Å². The van der Waals surface area contributed by atoms with E-state index in [1.54, 1.807) is 0 Å². The molecule has 4 fully saturated rings. The number of fused-ring (bicyclic) bond motifs is 7. The summed E-state index contributed by atoms with van der Waals surface area (Å²) in [6, 6.07) is 2.14. The zero-order valence-corrected chi connectivity index (χ0v) is 25.5. The number of carbonyl (C=O) groups excluding carboxylic acids is 3. The molecule has 0 aromatic carbocycles. The van der Waals surface area contributed by atoms with Crippen LogP contribution >= 0.6 is 0 Å². The number of alkyl halides is 3. The van der Waals surface area contributed by atoms with E-state index in [0.717, 1.165) is 19.3 Å². The van der Waals surface area contributed by atoms with Gasteiger partial charge in [0, 0.05) is 23.2 Å². The molecule has 3 unspecified atom stereocenters. The molecule has 226 valence electrons. The topological polar surface area (TPSA) is 84.2 Å². The number of nitriles is 1. The second-order valence-electron chi connectivity index (χ2n) is 16.1. The summed E-state index contributed by atoms with van der Waals surface area (Å²) in [7, 11) is 0. The Kier molecular flexibility index (Phi) is 6.59. The van der Waals surface area contributed by atoms with Gasteiger partial charge in [0.1, 0.15) is 11.9 Å². The van der Waals surface area contributed by atoms with Crippen molar-refractivity contribution in [3.8, 4) is 6.07 Å². The van der Waals surface area contributed by atoms with Crippen molar-refractivity contribution >= 4 is 17.5 Å². The third kappa shape index (κ3) is 4.10. The van der Waals surface area contributed by atoms with Gasteiger partial charge in [-0.15, -0.1) is 0 Å². The Morgan fingerprint density at radius 2 is 1.61 bits per heavy atom. The van der Waals surface area contributed by atoms with E-state index in [2.05, 4.69) is 40.7 Å². The van der Waals surface area contributed by atoms with Crippen LogP contribution in [-0.2, 0) is 19.1 Å². The number of hydrogen-bond acceptors (Lipinski definition) is 5. The maximum atomic E-state index is 14.5. The molecule has 5 aliphatic carbocycles. The summed E-state index contributed by atoms with van der Waals surface area (Å²) < 4.78 is 44.3. The highest BCUT2D eigenvalue weighted by atomic mass is 19.4. The molecule has 5 aliphatic rings. The molecule has 0 bridgehead atoms. The SMILES string of the molecule is CC1(C)CC[C@]2(COC(=O)C(F)(F)F)CC[C@]3(C)C(C(=O)CC4[C@@]5(C)C=C(C#N)C(=O)C(C)(C)[C@@H]5CC[C@]43C)C2C1. The van der Waals surface area contributed by atoms with E-state index in [-0.39, 0.29) is 58.2 Å². The van der Waals surface area contributed by atoms with Crippen LogP contribution in [0.3, 0.4) is 0 Å². The Hall–Kier alpha value is -2.17. The lowest BCUT2D eigenvalue weighted by atomic mass is 9.31. The fourth-order valence-corrected chi connectivity index (χ4v) is 11.0. The lowest BCUT2D eigenvalue weighted by molar-refractivity contribution is -0.233. The number of esters is 1.